The smallest absolute Gasteiger partial charge is 0.376 e. The van der Waals surface area contributed by atoms with Crippen molar-refractivity contribution in [3.05, 3.63) is 35.3 Å². The molecule has 2 aromatic rings. The molecule has 0 fully saturated rings. The molecule has 2 rings (SSSR count). The van der Waals surface area contributed by atoms with E-state index in [0.29, 0.717) is 5.01 Å². The van der Waals surface area contributed by atoms with Crippen LogP contribution in [0.4, 0.5) is 0 Å². The molecule has 0 spiro atoms. The van der Waals surface area contributed by atoms with Crippen molar-refractivity contribution in [2.45, 2.75) is 12.8 Å². The summed E-state index contributed by atoms with van der Waals surface area (Å²) in [5.41, 5.74) is 0.835. The van der Waals surface area contributed by atoms with E-state index in [4.69, 9.17) is 5.26 Å². The first kappa shape index (κ1) is 14.8. The molecule has 0 N–H and O–H groups in total. The van der Waals surface area contributed by atoms with Crippen LogP contribution in [0.3, 0.4) is 0 Å². The third kappa shape index (κ3) is 3.30. The summed E-state index contributed by atoms with van der Waals surface area (Å²) in [6.07, 6.45) is 0. The molecule has 21 heavy (non-hydrogen) atoms. The normalized spacial score (nSPS) is 11.4. The number of carbonyl (C=O) groups excluding carboxylic acids is 2. The largest absolute Gasteiger partial charge is 0.460 e. The molecule has 0 saturated carbocycles. The topological polar surface area (TPSA) is 92.9 Å². The molecule has 0 radical (unpaired) electrons. The Morgan fingerprint density at radius 3 is 2.67 bits per heavy atom. The molecule has 0 aliphatic rings. The fraction of sp³-hybridized carbons (Fsp3) is 0.214. The molecule has 1 aromatic heterocycles. The lowest BCUT2D eigenvalue weighted by molar-refractivity contribution is -0.153. The first-order chi connectivity index (χ1) is 10.2. The number of nitrogens with zero attached hydrogens (tertiary/aromatic N) is 3. The Hall–Kier alpha value is -2.59. The maximum atomic E-state index is 11.9. The number of rotatable bonds is 5. The van der Waals surface area contributed by atoms with Gasteiger partial charge in [-0.25, -0.2) is 4.79 Å². The predicted molar refractivity (Wildman–Crippen MR) is 75.3 cm³/mol. The van der Waals surface area contributed by atoms with Gasteiger partial charge in [0.15, 0.2) is 5.92 Å². The van der Waals surface area contributed by atoms with Gasteiger partial charge in [0.05, 0.1) is 12.7 Å². The third-order valence-electron chi connectivity index (χ3n) is 2.58. The summed E-state index contributed by atoms with van der Waals surface area (Å²) in [5, 5.41) is 17.7. The lowest BCUT2D eigenvalue weighted by Gasteiger charge is -2.03. The van der Waals surface area contributed by atoms with E-state index in [1.165, 1.54) is 0 Å². The predicted octanol–water partition coefficient (Wildman–Crippen LogP) is 1.94. The van der Waals surface area contributed by atoms with Gasteiger partial charge in [0.1, 0.15) is 10.0 Å². The highest BCUT2D eigenvalue weighted by atomic mass is 32.1. The summed E-state index contributed by atoms with van der Waals surface area (Å²) >= 11 is 1.11. The molecule has 7 heteroatoms. The van der Waals surface area contributed by atoms with Crippen LogP contribution in [0.5, 0.6) is 0 Å². The Kier molecular flexibility index (Phi) is 4.74. The van der Waals surface area contributed by atoms with Crippen molar-refractivity contribution in [1.29, 1.82) is 5.26 Å². The molecule has 1 atom stereocenters. The van der Waals surface area contributed by atoms with Gasteiger partial charge in [-0.2, -0.15) is 5.26 Å². The van der Waals surface area contributed by atoms with Crippen LogP contribution in [0.15, 0.2) is 30.3 Å². The van der Waals surface area contributed by atoms with E-state index in [0.717, 1.165) is 16.9 Å². The van der Waals surface area contributed by atoms with Gasteiger partial charge in [0, 0.05) is 5.56 Å². The van der Waals surface area contributed by atoms with Crippen LogP contribution in [0.25, 0.3) is 10.6 Å². The zero-order valence-corrected chi connectivity index (χ0v) is 12.0. The molecule has 0 bridgehead atoms. The Morgan fingerprint density at radius 2 is 2.05 bits per heavy atom. The van der Waals surface area contributed by atoms with Crippen LogP contribution < -0.4 is 0 Å². The fourth-order valence-electron chi connectivity index (χ4n) is 1.59. The monoisotopic (exact) mass is 301 g/mol. The molecule has 0 aliphatic heterocycles. The summed E-state index contributed by atoms with van der Waals surface area (Å²) in [5.74, 6) is -3.23. The number of nitriles is 1. The Balaban J connectivity index is 2.25. The van der Waals surface area contributed by atoms with Gasteiger partial charge >= 0.3 is 5.97 Å². The van der Waals surface area contributed by atoms with Crippen molar-refractivity contribution in [2.24, 2.45) is 0 Å². The number of esters is 1. The van der Waals surface area contributed by atoms with Crippen LogP contribution in [0.2, 0.25) is 0 Å². The minimum atomic E-state index is -1.28. The summed E-state index contributed by atoms with van der Waals surface area (Å²) in [7, 11) is 0. The van der Waals surface area contributed by atoms with E-state index in [9.17, 15) is 9.59 Å². The number of Topliss-reactive ketones (excluding diaryl/α,β-unsaturated/α-hetero) is 1. The van der Waals surface area contributed by atoms with E-state index in [1.807, 2.05) is 30.3 Å². The van der Waals surface area contributed by atoms with Crippen molar-refractivity contribution < 1.29 is 14.3 Å². The van der Waals surface area contributed by atoms with Crippen LogP contribution in [-0.2, 0) is 14.3 Å². The Labute approximate surface area is 125 Å². The second kappa shape index (κ2) is 6.72. The molecule has 0 amide bonds. The maximum Gasteiger partial charge on any atom is 0.376 e. The van der Waals surface area contributed by atoms with Gasteiger partial charge in [0.2, 0.25) is 0 Å². The fourth-order valence-corrected chi connectivity index (χ4v) is 2.49. The Bertz CT molecular complexity index is 691. The minimum absolute atomic E-state index is 0.0775. The average Bonchev–Trinajstić information content (AvgIpc) is 2.98. The second-order valence-corrected chi connectivity index (χ2v) is 4.97. The van der Waals surface area contributed by atoms with Crippen LogP contribution in [-0.4, -0.2) is 28.6 Å². The number of aromatic nitrogens is 2. The van der Waals surface area contributed by atoms with Gasteiger partial charge in [-0.1, -0.05) is 41.7 Å². The lowest BCUT2D eigenvalue weighted by atomic mass is 10.1. The first-order valence-electron chi connectivity index (χ1n) is 6.16. The van der Waals surface area contributed by atoms with E-state index in [1.54, 1.807) is 13.0 Å². The third-order valence-corrected chi connectivity index (χ3v) is 3.61. The zero-order chi connectivity index (χ0) is 15.2. The number of benzene rings is 1. The number of hydrogen-bond donors (Lipinski definition) is 0. The van der Waals surface area contributed by atoms with E-state index in [-0.39, 0.29) is 11.6 Å². The van der Waals surface area contributed by atoms with Crippen LogP contribution in [0.1, 0.15) is 17.8 Å². The molecule has 6 nitrogen and oxygen atoms in total. The molecular formula is C14H11N3O3S. The maximum absolute atomic E-state index is 11.9. The molecule has 1 heterocycles. The van der Waals surface area contributed by atoms with Crippen molar-refractivity contribution in [3.8, 4) is 16.6 Å². The van der Waals surface area contributed by atoms with Crippen molar-refractivity contribution >= 4 is 23.1 Å². The minimum Gasteiger partial charge on any atom is -0.460 e. The van der Waals surface area contributed by atoms with E-state index >= 15 is 0 Å². The quantitative estimate of drug-likeness (QED) is 0.619. The number of ketones is 1. The highest BCUT2D eigenvalue weighted by Gasteiger charge is 2.31. The number of hydrogen-bond acceptors (Lipinski definition) is 7. The van der Waals surface area contributed by atoms with Crippen molar-refractivity contribution in [1.82, 2.24) is 10.2 Å². The molecule has 0 aliphatic carbocycles. The van der Waals surface area contributed by atoms with Gasteiger partial charge in [0.25, 0.3) is 5.78 Å². The number of carbonyl (C=O) groups is 2. The lowest BCUT2D eigenvalue weighted by Crippen LogP contribution is -2.23. The zero-order valence-electron chi connectivity index (χ0n) is 11.1. The summed E-state index contributed by atoms with van der Waals surface area (Å²) in [6, 6.07) is 11.0. The second-order valence-electron chi connectivity index (χ2n) is 3.96. The molecule has 1 aromatic carbocycles. The highest BCUT2D eigenvalue weighted by Crippen LogP contribution is 2.28. The van der Waals surface area contributed by atoms with E-state index in [2.05, 4.69) is 14.9 Å². The average molecular weight is 301 g/mol. The molecular weight excluding hydrogens is 290 g/mol. The van der Waals surface area contributed by atoms with Gasteiger partial charge in [-0.3, -0.25) is 4.79 Å². The van der Waals surface area contributed by atoms with Crippen molar-refractivity contribution in [3.63, 3.8) is 0 Å². The molecule has 106 valence electrons. The summed E-state index contributed by atoms with van der Waals surface area (Å²) in [4.78, 5) is 23.3. The molecule has 1 unspecified atom stereocenters. The van der Waals surface area contributed by atoms with Gasteiger partial charge in [-0.15, -0.1) is 10.2 Å². The molecule has 0 saturated heterocycles. The van der Waals surface area contributed by atoms with Gasteiger partial charge < -0.3 is 4.74 Å². The summed E-state index contributed by atoms with van der Waals surface area (Å²) < 4.78 is 4.62. The first-order valence-corrected chi connectivity index (χ1v) is 6.98. The van der Waals surface area contributed by atoms with Crippen molar-refractivity contribution in [2.75, 3.05) is 6.61 Å². The number of ether oxygens (including phenoxy) is 1. The Morgan fingerprint density at radius 1 is 1.33 bits per heavy atom. The van der Waals surface area contributed by atoms with E-state index < -0.39 is 17.7 Å². The van der Waals surface area contributed by atoms with Gasteiger partial charge in [-0.05, 0) is 6.92 Å². The van der Waals surface area contributed by atoms with Crippen LogP contribution >= 0.6 is 11.3 Å². The standard InChI is InChI=1S/C14H11N3O3S/c1-2-20-14(19)11(18)10(8-15)13-17-16-12(21-13)9-6-4-3-5-7-9/h3-7,10H,2H2,1H3. The SMILES string of the molecule is CCOC(=O)C(=O)C(C#N)c1nnc(-c2ccccc2)s1. The highest BCUT2D eigenvalue weighted by molar-refractivity contribution is 7.15. The van der Waals surface area contributed by atoms with Crippen LogP contribution in [0, 0.1) is 11.3 Å². The summed E-state index contributed by atoms with van der Waals surface area (Å²) in [6.45, 7) is 1.67.